The Balaban J connectivity index is 1.68. The standard InChI is InChI=1S/C14H18IN5/c15-11-8-18-13(20-6-4-17-12(11)20)19-5-3-14(9-19)2-1-10(16)7-14/h4,6,8,10H,1-3,5,7,9,16H2/t10-,14?/m1/s1. The highest BCUT2D eigenvalue weighted by molar-refractivity contribution is 14.1. The first-order chi connectivity index (χ1) is 9.67. The van der Waals surface area contributed by atoms with Gasteiger partial charge in [-0.1, -0.05) is 0 Å². The quantitative estimate of drug-likeness (QED) is 0.766. The van der Waals surface area contributed by atoms with E-state index in [0.717, 1.165) is 28.3 Å². The molecule has 1 aliphatic heterocycles. The number of aromatic nitrogens is 3. The summed E-state index contributed by atoms with van der Waals surface area (Å²) in [6.45, 7) is 2.16. The number of nitrogens with zero attached hydrogens (tertiary/aromatic N) is 4. The Hall–Kier alpha value is -0.890. The van der Waals surface area contributed by atoms with Crippen molar-refractivity contribution in [2.75, 3.05) is 18.0 Å². The van der Waals surface area contributed by atoms with Gasteiger partial charge < -0.3 is 10.6 Å². The van der Waals surface area contributed by atoms with E-state index in [4.69, 9.17) is 5.73 Å². The fourth-order valence-electron chi connectivity index (χ4n) is 3.84. The number of halogens is 1. The molecule has 6 heteroatoms. The van der Waals surface area contributed by atoms with Gasteiger partial charge in [0.2, 0.25) is 5.95 Å². The van der Waals surface area contributed by atoms with Gasteiger partial charge in [-0.3, -0.25) is 4.40 Å². The van der Waals surface area contributed by atoms with Gasteiger partial charge in [-0.15, -0.1) is 0 Å². The Morgan fingerprint density at radius 1 is 1.35 bits per heavy atom. The molecule has 1 aliphatic carbocycles. The van der Waals surface area contributed by atoms with Gasteiger partial charge in [0.1, 0.15) is 0 Å². The zero-order chi connectivity index (χ0) is 13.7. The maximum atomic E-state index is 6.12. The predicted molar refractivity (Wildman–Crippen MR) is 86.8 cm³/mol. The lowest BCUT2D eigenvalue weighted by Gasteiger charge is -2.24. The van der Waals surface area contributed by atoms with Gasteiger partial charge in [0, 0.05) is 37.7 Å². The molecular weight excluding hydrogens is 365 g/mol. The summed E-state index contributed by atoms with van der Waals surface area (Å²) in [4.78, 5) is 11.5. The van der Waals surface area contributed by atoms with E-state index in [2.05, 4.69) is 41.9 Å². The van der Waals surface area contributed by atoms with Gasteiger partial charge in [0.15, 0.2) is 5.65 Å². The number of hydrogen-bond donors (Lipinski definition) is 1. The third-order valence-electron chi connectivity index (χ3n) is 4.83. The van der Waals surface area contributed by atoms with E-state index < -0.39 is 0 Å². The molecule has 1 saturated carbocycles. The number of rotatable bonds is 1. The average molecular weight is 383 g/mol. The lowest BCUT2D eigenvalue weighted by molar-refractivity contribution is 0.335. The second kappa shape index (κ2) is 4.56. The van der Waals surface area contributed by atoms with Crippen LogP contribution in [0.4, 0.5) is 5.95 Å². The molecule has 2 fully saturated rings. The maximum Gasteiger partial charge on any atom is 0.211 e. The minimum atomic E-state index is 0.396. The fraction of sp³-hybridized carbons (Fsp3) is 0.571. The Morgan fingerprint density at radius 2 is 2.25 bits per heavy atom. The van der Waals surface area contributed by atoms with Crippen LogP contribution in [0.5, 0.6) is 0 Å². The van der Waals surface area contributed by atoms with Gasteiger partial charge in [-0.2, -0.15) is 0 Å². The third kappa shape index (κ3) is 1.92. The predicted octanol–water partition coefficient (Wildman–Crippen LogP) is 2.04. The van der Waals surface area contributed by atoms with Crippen LogP contribution in [0.25, 0.3) is 5.65 Å². The van der Waals surface area contributed by atoms with Crippen LogP contribution in [-0.4, -0.2) is 33.5 Å². The zero-order valence-electron chi connectivity index (χ0n) is 11.3. The van der Waals surface area contributed by atoms with Crippen LogP contribution in [0.15, 0.2) is 18.6 Å². The van der Waals surface area contributed by atoms with E-state index in [-0.39, 0.29) is 0 Å². The summed E-state index contributed by atoms with van der Waals surface area (Å²) < 4.78 is 3.20. The van der Waals surface area contributed by atoms with Gasteiger partial charge in [0.05, 0.1) is 3.57 Å². The number of fused-ring (bicyclic) bond motifs is 1. The van der Waals surface area contributed by atoms with Crippen molar-refractivity contribution in [3.05, 3.63) is 22.2 Å². The Bertz CT molecular complexity index is 654. The highest BCUT2D eigenvalue weighted by Crippen LogP contribution is 2.45. The molecule has 2 aliphatic rings. The van der Waals surface area contributed by atoms with Crippen LogP contribution in [-0.2, 0) is 0 Å². The lowest BCUT2D eigenvalue weighted by atomic mass is 9.85. The third-order valence-corrected chi connectivity index (χ3v) is 5.59. The van der Waals surface area contributed by atoms with Gasteiger partial charge in [-0.05, 0) is 53.7 Å². The molecule has 106 valence electrons. The normalized spacial score (nSPS) is 29.9. The second-order valence-electron chi connectivity index (χ2n) is 6.20. The molecule has 2 aromatic rings. The molecule has 3 heterocycles. The SMILES string of the molecule is N[C@@H]1CCC2(CCN(c3ncc(I)c4nccn34)C2)C1. The minimum absolute atomic E-state index is 0.396. The van der Waals surface area contributed by atoms with Crippen molar-refractivity contribution >= 4 is 34.2 Å². The lowest BCUT2D eigenvalue weighted by Crippen LogP contribution is -2.28. The molecule has 1 saturated heterocycles. The monoisotopic (exact) mass is 383 g/mol. The molecule has 2 aromatic heterocycles. The maximum absolute atomic E-state index is 6.12. The van der Waals surface area contributed by atoms with Gasteiger partial charge >= 0.3 is 0 Å². The van der Waals surface area contributed by atoms with E-state index in [1.807, 2.05) is 18.6 Å². The van der Waals surface area contributed by atoms with E-state index in [1.165, 1.54) is 25.7 Å². The number of imidazole rings is 1. The molecule has 5 nitrogen and oxygen atoms in total. The molecule has 1 spiro atoms. The number of anilines is 1. The van der Waals surface area contributed by atoms with Gasteiger partial charge in [0.25, 0.3) is 0 Å². The van der Waals surface area contributed by atoms with Gasteiger partial charge in [-0.25, -0.2) is 9.97 Å². The number of hydrogen-bond acceptors (Lipinski definition) is 4. The Morgan fingerprint density at radius 3 is 3.05 bits per heavy atom. The smallest absolute Gasteiger partial charge is 0.211 e. The summed E-state index contributed by atoms with van der Waals surface area (Å²) in [5.41, 5.74) is 7.54. The molecule has 0 radical (unpaired) electrons. The molecule has 2 N–H and O–H groups in total. The van der Waals surface area contributed by atoms with Crippen LogP contribution in [0.1, 0.15) is 25.7 Å². The molecule has 20 heavy (non-hydrogen) atoms. The first-order valence-electron chi connectivity index (χ1n) is 7.15. The van der Waals surface area contributed by atoms with Crippen molar-refractivity contribution in [3.63, 3.8) is 0 Å². The summed E-state index contributed by atoms with van der Waals surface area (Å²) in [6.07, 6.45) is 10.6. The first kappa shape index (κ1) is 12.8. The highest BCUT2D eigenvalue weighted by atomic mass is 127. The first-order valence-corrected chi connectivity index (χ1v) is 8.23. The van der Waals surface area contributed by atoms with E-state index in [1.54, 1.807) is 0 Å². The Labute approximate surface area is 131 Å². The van der Waals surface area contributed by atoms with Crippen molar-refractivity contribution in [1.82, 2.24) is 14.4 Å². The summed E-state index contributed by atoms with van der Waals surface area (Å²) in [5.74, 6) is 1.02. The second-order valence-corrected chi connectivity index (χ2v) is 7.36. The molecular formula is C14H18IN5. The fourth-order valence-corrected chi connectivity index (χ4v) is 4.38. The average Bonchev–Trinajstić information content (AvgIpc) is 3.12. The Kier molecular flexibility index (Phi) is 2.92. The summed E-state index contributed by atoms with van der Waals surface area (Å²) in [7, 11) is 0. The molecule has 1 unspecified atom stereocenters. The van der Waals surface area contributed by atoms with Crippen molar-refractivity contribution in [3.8, 4) is 0 Å². The van der Waals surface area contributed by atoms with Crippen LogP contribution < -0.4 is 10.6 Å². The summed E-state index contributed by atoms with van der Waals surface area (Å²) in [6, 6.07) is 0.396. The topological polar surface area (TPSA) is 59.5 Å². The molecule has 2 atom stereocenters. The van der Waals surface area contributed by atoms with Crippen LogP contribution in [0.2, 0.25) is 0 Å². The molecule has 0 amide bonds. The molecule has 4 rings (SSSR count). The molecule has 0 bridgehead atoms. The van der Waals surface area contributed by atoms with E-state index >= 15 is 0 Å². The summed E-state index contributed by atoms with van der Waals surface area (Å²) >= 11 is 2.29. The number of nitrogens with two attached hydrogens (primary N) is 1. The van der Waals surface area contributed by atoms with Crippen molar-refractivity contribution < 1.29 is 0 Å². The van der Waals surface area contributed by atoms with E-state index in [9.17, 15) is 0 Å². The summed E-state index contributed by atoms with van der Waals surface area (Å²) in [5, 5.41) is 0. The van der Waals surface area contributed by atoms with Crippen LogP contribution in [0.3, 0.4) is 0 Å². The van der Waals surface area contributed by atoms with Crippen LogP contribution >= 0.6 is 22.6 Å². The van der Waals surface area contributed by atoms with E-state index in [0.29, 0.717) is 11.5 Å². The van der Waals surface area contributed by atoms with Crippen molar-refractivity contribution in [2.24, 2.45) is 11.1 Å². The minimum Gasteiger partial charge on any atom is -0.341 e. The van der Waals surface area contributed by atoms with Crippen molar-refractivity contribution in [2.45, 2.75) is 31.7 Å². The zero-order valence-corrected chi connectivity index (χ0v) is 13.5. The molecule has 0 aromatic carbocycles. The largest absolute Gasteiger partial charge is 0.341 e. The van der Waals surface area contributed by atoms with Crippen molar-refractivity contribution in [1.29, 1.82) is 0 Å². The van der Waals surface area contributed by atoms with Crippen LogP contribution in [0, 0.1) is 8.99 Å². The highest BCUT2D eigenvalue weighted by Gasteiger charge is 2.43.